The minimum atomic E-state index is -3.96. The Hall–Kier alpha value is -0.630. The van der Waals surface area contributed by atoms with Crippen molar-refractivity contribution < 1.29 is 13.2 Å². The number of halogens is 2. The molecular weight excluding hydrogens is 380 g/mol. The summed E-state index contributed by atoms with van der Waals surface area (Å²) in [4.78, 5) is 13.8. The second-order valence-electron chi connectivity index (χ2n) is 5.47. The zero-order valence-corrected chi connectivity index (χ0v) is 14.8. The molecule has 2 unspecified atom stereocenters. The zero-order valence-electron chi connectivity index (χ0n) is 11.6. The van der Waals surface area contributed by atoms with E-state index in [1.807, 2.05) is 0 Å². The minimum absolute atomic E-state index is 0.137. The third kappa shape index (κ3) is 3.77. The maximum atomic E-state index is 12.4. The average Bonchev–Trinajstić information content (AvgIpc) is 3.05. The molecule has 0 spiro atoms. The third-order valence-electron chi connectivity index (χ3n) is 3.68. The fraction of sp³-hybridized carbons (Fsp3) is 0.462. The molecule has 116 valence electrons. The van der Waals surface area contributed by atoms with Gasteiger partial charge in [0.05, 0.1) is 14.4 Å². The molecule has 0 saturated heterocycles. The highest BCUT2D eigenvalue weighted by molar-refractivity contribution is 9.10. The predicted molar refractivity (Wildman–Crippen MR) is 84.8 cm³/mol. The molecule has 1 aliphatic carbocycles. The molecule has 1 saturated carbocycles. The molecular formula is C13H16BrClN2O3S. The maximum Gasteiger partial charge on any atom is 0.253 e. The van der Waals surface area contributed by atoms with Gasteiger partial charge >= 0.3 is 0 Å². The van der Waals surface area contributed by atoms with Crippen LogP contribution in [0, 0.1) is 11.8 Å². The van der Waals surface area contributed by atoms with E-state index in [1.165, 1.54) is 12.1 Å². The SMILES string of the molecule is CC1CC1CN(C)C(=O)c1cc(Cl)c(Br)c(S(N)(=O)=O)c1. The number of nitrogens with two attached hydrogens (primary N) is 1. The van der Waals surface area contributed by atoms with Crippen molar-refractivity contribution >= 4 is 43.5 Å². The summed E-state index contributed by atoms with van der Waals surface area (Å²) in [6, 6.07) is 2.69. The third-order valence-corrected chi connectivity index (χ3v) is 6.26. The van der Waals surface area contributed by atoms with Gasteiger partial charge in [0.1, 0.15) is 0 Å². The molecule has 0 heterocycles. The molecule has 2 rings (SSSR count). The Labute approximate surface area is 137 Å². The lowest BCUT2D eigenvalue weighted by molar-refractivity contribution is 0.0787. The van der Waals surface area contributed by atoms with Crippen molar-refractivity contribution in [1.29, 1.82) is 0 Å². The molecule has 5 nitrogen and oxygen atoms in total. The van der Waals surface area contributed by atoms with E-state index in [0.29, 0.717) is 18.4 Å². The first-order chi connectivity index (χ1) is 9.61. The van der Waals surface area contributed by atoms with Gasteiger partial charge in [0.25, 0.3) is 5.91 Å². The summed E-state index contributed by atoms with van der Waals surface area (Å²) in [6.07, 6.45) is 1.11. The van der Waals surface area contributed by atoms with Crippen LogP contribution in [-0.2, 0) is 10.0 Å². The standard InChI is InChI=1S/C13H16BrClN2O3S/c1-7-3-9(7)6-17(2)13(18)8-4-10(15)12(14)11(5-8)21(16,19)20/h4-5,7,9H,3,6H2,1-2H3,(H2,16,19,20). The Morgan fingerprint density at radius 2 is 2.10 bits per heavy atom. The lowest BCUT2D eigenvalue weighted by atomic mass is 10.2. The van der Waals surface area contributed by atoms with Gasteiger partial charge in [-0.1, -0.05) is 18.5 Å². The van der Waals surface area contributed by atoms with Gasteiger partial charge < -0.3 is 4.90 Å². The maximum absolute atomic E-state index is 12.4. The zero-order chi connectivity index (χ0) is 15.9. The van der Waals surface area contributed by atoms with E-state index in [1.54, 1.807) is 11.9 Å². The second kappa shape index (κ2) is 5.87. The highest BCUT2D eigenvalue weighted by Gasteiger charge is 2.34. The summed E-state index contributed by atoms with van der Waals surface area (Å²) < 4.78 is 23.3. The van der Waals surface area contributed by atoms with Gasteiger partial charge in [-0.05, 0) is 46.3 Å². The first-order valence-electron chi connectivity index (χ1n) is 6.38. The smallest absolute Gasteiger partial charge is 0.253 e. The summed E-state index contributed by atoms with van der Waals surface area (Å²) in [6.45, 7) is 2.79. The molecule has 0 bridgehead atoms. The highest BCUT2D eigenvalue weighted by Crippen LogP contribution is 2.38. The number of hydrogen-bond acceptors (Lipinski definition) is 3. The number of carbonyl (C=O) groups is 1. The van der Waals surface area contributed by atoms with Crippen molar-refractivity contribution in [3.05, 3.63) is 27.2 Å². The number of benzene rings is 1. The number of amides is 1. The van der Waals surface area contributed by atoms with Crippen LogP contribution >= 0.6 is 27.5 Å². The first kappa shape index (κ1) is 16.7. The fourth-order valence-electron chi connectivity index (χ4n) is 2.20. The van der Waals surface area contributed by atoms with Gasteiger partial charge in [-0.3, -0.25) is 4.79 Å². The van der Waals surface area contributed by atoms with E-state index >= 15 is 0 Å². The summed E-state index contributed by atoms with van der Waals surface area (Å²) in [5, 5.41) is 5.28. The molecule has 2 N–H and O–H groups in total. The first-order valence-corrected chi connectivity index (χ1v) is 9.10. The van der Waals surface area contributed by atoms with Crippen LogP contribution < -0.4 is 5.14 Å². The fourth-order valence-corrected chi connectivity index (χ4v) is 4.04. The van der Waals surface area contributed by atoms with Crippen LogP contribution in [0.4, 0.5) is 0 Å². The molecule has 21 heavy (non-hydrogen) atoms. The Morgan fingerprint density at radius 1 is 1.52 bits per heavy atom. The molecule has 1 aromatic carbocycles. The van der Waals surface area contributed by atoms with Crippen LogP contribution in [0.3, 0.4) is 0 Å². The number of primary sulfonamides is 1. The summed E-state index contributed by atoms with van der Waals surface area (Å²) in [5.74, 6) is 0.879. The van der Waals surface area contributed by atoms with Crippen LogP contribution in [0.1, 0.15) is 23.7 Å². The molecule has 0 aromatic heterocycles. The van der Waals surface area contributed by atoms with Crippen molar-refractivity contribution in [1.82, 2.24) is 4.90 Å². The summed E-state index contributed by atoms with van der Waals surface area (Å²) in [5.41, 5.74) is 0.211. The van der Waals surface area contributed by atoms with E-state index in [4.69, 9.17) is 16.7 Å². The number of sulfonamides is 1. The van der Waals surface area contributed by atoms with Gasteiger partial charge in [-0.15, -0.1) is 0 Å². The molecule has 1 amide bonds. The number of hydrogen-bond donors (Lipinski definition) is 1. The minimum Gasteiger partial charge on any atom is -0.341 e. The van der Waals surface area contributed by atoms with E-state index < -0.39 is 10.0 Å². The number of nitrogens with zero attached hydrogens (tertiary/aromatic N) is 1. The van der Waals surface area contributed by atoms with Gasteiger partial charge in [0.15, 0.2) is 0 Å². The lowest BCUT2D eigenvalue weighted by Gasteiger charge is -2.18. The Morgan fingerprint density at radius 3 is 2.57 bits per heavy atom. The van der Waals surface area contributed by atoms with Crippen LogP contribution in [0.2, 0.25) is 5.02 Å². The van der Waals surface area contributed by atoms with Crippen molar-refractivity contribution in [3.63, 3.8) is 0 Å². The van der Waals surface area contributed by atoms with E-state index in [2.05, 4.69) is 22.9 Å². The summed E-state index contributed by atoms with van der Waals surface area (Å²) in [7, 11) is -2.26. The topological polar surface area (TPSA) is 80.5 Å². The van der Waals surface area contributed by atoms with Crippen LogP contribution in [0.15, 0.2) is 21.5 Å². The monoisotopic (exact) mass is 394 g/mol. The Kier molecular flexibility index (Phi) is 4.68. The quantitative estimate of drug-likeness (QED) is 0.850. The van der Waals surface area contributed by atoms with Gasteiger partial charge in [0.2, 0.25) is 10.0 Å². The predicted octanol–water partition coefficient (Wildman–Crippen LogP) is 2.48. The second-order valence-corrected chi connectivity index (χ2v) is 8.20. The number of rotatable bonds is 4. The van der Waals surface area contributed by atoms with Gasteiger partial charge in [-0.2, -0.15) is 0 Å². The highest BCUT2D eigenvalue weighted by atomic mass is 79.9. The van der Waals surface area contributed by atoms with Crippen molar-refractivity contribution in [2.45, 2.75) is 18.2 Å². The van der Waals surface area contributed by atoms with Gasteiger partial charge in [0, 0.05) is 19.2 Å². The number of carbonyl (C=O) groups excluding carboxylic acids is 1. The van der Waals surface area contributed by atoms with E-state index in [9.17, 15) is 13.2 Å². The summed E-state index contributed by atoms with van der Waals surface area (Å²) >= 11 is 9.06. The molecule has 0 aliphatic heterocycles. The van der Waals surface area contributed by atoms with Crippen molar-refractivity contribution in [2.24, 2.45) is 17.0 Å². The Balaban J connectivity index is 2.31. The normalized spacial score (nSPS) is 21.2. The van der Waals surface area contributed by atoms with Crippen LogP contribution in [0.5, 0.6) is 0 Å². The van der Waals surface area contributed by atoms with Crippen molar-refractivity contribution in [3.8, 4) is 0 Å². The lowest BCUT2D eigenvalue weighted by Crippen LogP contribution is -2.29. The molecule has 0 radical (unpaired) electrons. The van der Waals surface area contributed by atoms with Gasteiger partial charge in [-0.25, -0.2) is 13.6 Å². The molecule has 1 aliphatic rings. The molecule has 8 heteroatoms. The Bertz CT molecular complexity index is 693. The molecule has 1 fully saturated rings. The average molecular weight is 396 g/mol. The molecule has 2 atom stereocenters. The van der Waals surface area contributed by atoms with E-state index in [-0.39, 0.29) is 25.9 Å². The van der Waals surface area contributed by atoms with Crippen molar-refractivity contribution in [2.75, 3.05) is 13.6 Å². The van der Waals surface area contributed by atoms with Crippen LogP contribution in [0.25, 0.3) is 0 Å². The molecule has 1 aromatic rings. The largest absolute Gasteiger partial charge is 0.341 e. The van der Waals surface area contributed by atoms with E-state index in [0.717, 1.165) is 6.42 Å². The van der Waals surface area contributed by atoms with Crippen LogP contribution in [-0.4, -0.2) is 32.8 Å².